The molecule has 4 aromatic rings. The summed E-state index contributed by atoms with van der Waals surface area (Å²) in [7, 11) is 0. The fraction of sp³-hybridized carbons (Fsp3) is 0.125. The van der Waals surface area contributed by atoms with Crippen molar-refractivity contribution >= 4 is 22.8 Å². The zero-order chi connectivity index (χ0) is 20.1. The number of amides is 2. The normalized spacial score (nSPS) is 10.7. The molecule has 0 atom stereocenters. The van der Waals surface area contributed by atoms with Gasteiger partial charge in [-0.3, -0.25) is 0 Å². The van der Waals surface area contributed by atoms with E-state index >= 15 is 0 Å². The van der Waals surface area contributed by atoms with Gasteiger partial charge in [0.1, 0.15) is 0 Å². The second-order valence-corrected chi connectivity index (χ2v) is 6.74. The first-order valence-electron chi connectivity index (χ1n) is 9.72. The van der Waals surface area contributed by atoms with E-state index in [4.69, 9.17) is 9.97 Å². The van der Waals surface area contributed by atoms with Crippen molar-refractivity contribution in [3.8, 4) is 22.5 Å². The van der Waals surface area contributed by atoms with E-state index in [0.717, 1.165) is 40.0 Å². The third-order valence-electron chi connectivity index (χ3n) is 4.55. The van der Waals surface area contributed by atoms with Gasteiger partial charge in [0.15, 0.2) is 0 Å². The first-order valence-corrected chi connectivity index (χ1v) is 9.72. The van der Waals surface area contributed by atoms with Crippen molar-refractivity contribution in [2.75, 3.05) is 11.9 Å². The Morgan fingerprint density at radius 1 is 0.793 bits per heavy atom. The van der Waals surface area contributed by atoms with Gasteiger partial charge in [0.25, 0.3) is 0 Å². The van der Waals surface area contributed by atoms with E-state index in [0.29, 0.717) is 12.2 Å². The minimum atomic E-state index is -0.219. The van der Waals surface area contributed by atoms with Crippen LogP contribution in [0.5, 0.6) is 0 Å². The third kappa shape index (κ3) is 4.24. The Bertz CT molecular complexity index is 1130. The van der Waals surface area contributed by atoms with Crippen LogP contribution in [-0.2, 0) is 0 Å². The van der Waals surface area contributed by atoms with Gasteiger partial charge in [-0.25, -0.2) is 14.8 Å². The largest absolute Gasteiger partial charge is 0.338 e. The Hall–Kier alpha value is -3.73. The summed E-state index contributed by atoms with van der Waals surface area (Å²) < 4.78 is 0. The van der Waals surface area contributed by atoms with Crippen LogP contribution in [0.25, 0.3) is 33.5 Å². The van der Waals surface area contributed by atoms with Crippen molar-refractivity contribution in [3.05, 3.63) is 78.9 Å². The summed E-state index contributed by atoms with van der Waals surface area (Å²) in [5.41, 5.74) is 5.87. The third-order valence-corrected chi connectivity index (χ3v) is 4.55. The van der Waals surface area contributed by atoms with Crippen LogP contribution in [0.1, 0.15) is 13.3 Å². The lowest BCUT2D eigenvalue weighted by Crippen LogP contribution is -2.29. The quantitative estimate of drug-likeness (QED) is 0.479. The zero-order valence-electron chi connectivity index (χ0n) is 16.2. The van der Waals surface area contributed by atoms with Gasteiger partial charge < -0.3 is 10.6 Å². The molecule has 2 amide bonds. The highest BCUT2D eigenvalue weighted by atomic mass is 16.2. The molecule has 0 radical (unpaired) electrons. The van der Waals surface area contributed by atoms with Crippen LogP contribution < -0.4 is 10.6 Å². The van der Waals surface area contributed by atoms with Gasteiger partial charge in [-0.1, -0.05) is 67.6 Å². The van der Waals surface area contributed by atoms with Gasteiger partial charge in [0.05, 0.1) is 22.4 Å². The Morgan fingerprint density at radius 3 is 1.97 bits per heavy atom. The van der Waals surface area contributed by atoms with Crippen molar-refractivity contribution in [1.82, 2.24) is 15.3 Å². The van der Waals surface area contributed by atoms with Gasteiger partial charge in [0.2, 0.25) is 0 Å². The van der Waals surface area contributed by atoms with Crippen LogP contribution in [0.15, 0.2) is 78.9 Å². The van der Waals surface area contributed by atoms with E-state index in [2.05, 4.69) is 10.6 Å². The Morgan fingerprint density at radius 2 is 1.38 bits per heavy atom. The molecular weight excluding hydrogens is 360 g/mol. The summed E-state index contributed by atoms with van der Waals surface area (Å²) in [5, 5.41) is 5.67. The van der Waals surface area contributed by atoms with Crippen molar-refractivity contribution in [3.63, 3.8) is 0 Å². The number of hydrogen-bond acceptors (Lipinski definition) is 3. The number of fused-ring (bicyclic) bond motifs is 1. The number of hydrogen-bond donors (Lipinski definition) is 2. The van der Waals surface area contributed by atoms with Gasteiger partial charge >= 0.3 is 6.03 Å². The van der Waals surface area contributed by atoms with E-state index in [9.17, 15) is 4.79 Å². The molecule has 0 spiro atoms. The molecule has 2 N–H and O–H groups in total. The minimum absolute atomic E-state index is 0.219. The van der Waals surface area contributed by atoms with Crippen molar-refractivity contribution in [1.29, 1.82) is 0 Å². The predicted molar refractivity (Wildman–Crippen MR) is 118 cm³/mol. The number of nitrogens with zero attached hydrogens (tertiary/aromatic N) is 2. The van der Waals surface area contributed by atoms with E-state index in [1.54, 1.807) is 0 Å². The van der Waals surface area contributed by atoms with Gasteiger partial charge in [-0.15, -0.1) is 0 Å². The SMILES string of the molecule is CCCNC(=O)Nc1ccc2nc(-c3ccccc3)c(-c3ccccc3)nc2c1. The lowest BCUT2D eigenvalue weighted by molar-refractivity contribution is 0.252. The first-order chi connectivity index (χ1) is 14.2. The number of rotatable bonds is 5. The molecule has 1 heterocycles. The molecule has 0 aliphatic heterocycles. The molecule has 0 saturated carbocycles. The molecule has 0 bridgehead atoms. The molecule has 0 saturated heterocycles. The van der Waals surface area contributed by atoms with E-state index in [1.165, 1.54) is 0 Å². The van der Waals surface area contributed by atoms with Crippen molar-refractivity contribution in [2.45, 2.75) is 13.3 Å². The standard InChI is InChI=1S/C24H22N4O/c1-2-15-25-24(29)26-19-13-14-20-21(16-19)28-23(18-11-7-4-8-12-18)22(27-20)17-9-5-3-6-10-17/h3-14,16H,2,15H2,1H3,(H2,25,26,29). The molecule has 4 rings (SSSR count). The summed E-state index contributed by atoms with van der Waals surface area (Å²) in [5.74, 6) is 0. The fourth-order valence-corrected chi connectivity index (χ4v) is 3.14. The Kier molecular flexibility index (Phi) is 5.47. The number of benzene rings is 3. The molecule has 1 aromatic heterocycles. The van der Waals surface area contributed by atoms with Crippen LogP contribution in [0.4, 0.5) is 10.5 Å². The van der Waals surface area contributed by atoms with Gasteiger partial charge in [-0.2, -0.15) is 0 Å². The summed E-state index contributed by atoms with van der Waals surface area (Å²) in [6.45, 7) is 2.65. The van der Waals surface area contributed by atoms with Crippen LogP contribution in [0.3, 0.4) is 0 Å². The summed E-state index contributed by atoms with van der Waals surface area (Å²) in [6.07, 6.45) is 0.888. The zero-order valence-corrected chi connectivity index (χ0v) is 16.2. The molecule has 0 aliphatic carbocycles. The van der Waals surface area contributed by atoms with Crippen LogP contribution >= 0.6 is 0 Å². The van der Waals surface area contributed by atoms with E-state index in [1.807, 2.05) is 85.8 Å². The molecule has 5 heteroatoms. The first kappa shape index (κ1) is 18.6. The fourth-order valence-electron chi connectivity index (χ4n) is 3.14. The highest BCUT2D eigenvalue weighted by Crippen LogP contribution is 2.31. The lowest BCUT2D eigenvalue weighted by atomic mass is 10.0. The highest BCUT2D eigenvalue weighted by Gasteiger charge is 2.13. The predicted octanol–water partition coefficient (Wildman–Crippen LogP) is 5.50. The number of nitrogens with one attached hydrogen (secondary N) is 2. The average molecular weight is 382 g/mol. The number of urea groups is 1. The maximum absolute atomic E-state index is 12.0. The van der Waals surface area contributed by atoms with Crippen LogP contribution in [-0.4, -0.2) is 22.5 Å². The molecule has 29 heavy (non-hydrogen) atoms. The van der Waals surface area contributed by atoms with E-state index in [-0.39, 0.29) is 6.03 Å². The summed E-state index contributed by atoms with van der Waals surface area (Å²) in [6, 6.07) is 25.5. The summed E-state index contributed by atoms with van der Waals surface area (Å²) in [4.78, 5) is 21.8. The maximum Gasteiger partial charge on any atom is 0.319 e. The topological polar surface area (TPSA) is 66.9 Å². The average Bonchev–Trinajstić information content (AvgIpc) is 2.78. The highest BCUT2D eigenvalue weighted by molar-refractivity contribution is 5.93. The van der Waals surface area contributed by atoms with E-state index < -0.39 is 0 Å². The molecule has 0 fully saturated rings. The number of carbonyl (C=O) groups excluding carboxylic acids is 1. The minimum Gasteiger partial charge on any atom is -0.338 e. The van der Waals surface area contributed by atoms with Gasteiger partial charge in [-0.05, 0) is 24.6 Å². The molecule has 0 aliphatic rings. The second-order valence-electron chi connectivity index (χ2n) is 6.74. The van der Waals surface area contributed by atoms with Gasteiger partial charge in [0, 0.05) is 23.4 Å². The molecule has 5 nitrogen and oxygen atoms in total. The maximum atomic E-state index is 12.0. The molecule has 3 aromatic carbocycles. The molecular formula is C24H22N4O. The van der Waals surface area contributed by atoms with Crippen molar-refractivity contribution < 1.29 is 4.79 Å². The molecule has 0 unspecified atom stereocenters. The Labute approximate surface area is 169 Å². The van der Waals surface area contributed by atoms with Crippen LogP contribution in [0.2, 0.25) is 0 Å². The number of anilines is 1. The monoisotopic (exact) mass is 382 g/mol. The summed E-state index contributed by atoms with van der Waals surface area (Å²) >= 11 is 0. The second kappa shape index (κ2) is 8.52. The number of aromatic nitrogens is 2. The van der Waals surface area contributed by atoms with Crippen molar-refractivity contribution in [2.24, 2.45) is 0 Å². The number of carbonyl (C=O) groups is 1. The Balaban J connectivity index is 1.79. The van der Waals surface area contributed by atoms with Crippen LogP contribution in [0, 0.1) is 0 Å². The smallest absolute Gasteiger partial charge is 0.319 e. The lowest BCUT2D eigenvalue weighted by Gasteiger charge is -2.12. The molecule has 144 valence electrons.